The highest BCUT2D eigenvalue weighted by atomic mass is 32.2. The Kier molecular flexibility index (Phi) is 5.82. The van der Waals surface area contributed by atoms with Gasteiger partial charge in [-0.3, -0.25) is 9.78 Å². The van der Waals surface area contributed by atoms with Gasteiger partial charge in [0.25, 0.3) is 5.91 Å². The van der Waals surface area contributed by atoms with Crippen LogP contribution in [0, 0.1) is 5.92 Å². The highest BCUT2D eigenvalue weighted by Gasteiger charge is 2.47. The van der Waals surface area contributed by atoms with Crippen molar-refractivity contribution in [2.24, 2.45) is 5.92 Å². The van der Waals surface area contributed by atoms with E-state index in [4.69, 9.17) is 4.74 Å². The summed E-state index contributed by atoms with van der Waals surface area (Å²) in [5.74, 6) is 0.608. The lowest BCUT2D eigenvalue weighted by Crippen LogP contribution is -2.37. The Morgan fingerprint density at radius 1 is 1.07 bits per heavy atom. The number of hydrogen-bond acceptors (Lipinski definition) is 5. The summed E-state index contributed by atoms with van der Waals surface area (Å²) in [6.07, 6.45) is 4.51. The molecule has 0 N–H and O–H groups in total. The lowest BCUT2D eigenvalue weighted by molar-refractivity contribution is -0.133. The third-order valence-electron chi connectivity index (χ3n) is 5.73. The number of carbonyl (C=O) groups excluding carboxylic acids is 1. The molecule has 1 amide bonds. The fraction of sp³-hybridized carbons (Fsp3) is 0.429. The summed E-state index contributed by atoms with van der Waals surface area (Å²) in [5.41, 5.74) is 0.940. The smallest absolute Gasteiger partial charge is 0.260 e. The quantitative estimate of drug-likeness (QED) is 0.745. The largest absolute Gasteiger partial charge is 0.484 e. The third-order valence-corrected chi connectivity index (χ3v) is 8.11. The average molecular weight is 416 g/mol. The number of benzene rings is 1. The molecule has 8 heteroatoms. The molecule has 2 saturated heterocycles. The predicted molar refractivity (Wildman–Crippen MR) is 109 cm³/mol. The van der Waals surface area contributed by atoms with E-state index >= 15 is 0 Å². The highest BCUT2D eigenvalue weighted by molar-refractivity contribution is 7.90. The lowest BCUT2D eigenvalue weighted by Gasteiger charge is -2.22. The molecular formula is C21H25N3O4S. The van der Waals surface area contributed by atoms with Gasteiger partial charge in [-0.15, -0.1) is 0 Å². The zero-order chi connectivity index (χ0) is 20.3. The van der Waals surface area contributed by atoms with Crippen LogP contribution in [0.15, 0.2) is 54.9 Å². The summed E-state index contributed by atoms with van der Waals surface area (Å²) in [6.45, 7) is 1.88. The Labute approximate surface area is 171 Å². The monoisotopic (exact) mass is 415 g/mol. The SMILES string of the molecule is O=C(COc1ccccc1)N1CC[C@@H]2CN(Cc3ccncc3)S(=O)(=O)[C@@H]2CC1. The van der Waals surface area contributed by atoms with Crippen molar-refractivity contribution in [3.63, 3.8) is 0 Å². The first kappa shape index (κ1) is 19.8. The maximum absolute atomic E-state index is 13.1. The van der Waals surface area contributed by atoms with Gasteiger partial charge in [-0.05, 0) is 48.6 Å². The fourth-order valence-electron chi connectivity index (χ4n) is 4.14. The summed E-state index contributed by atoms with van der Waals surface area (Å²) in [7, 11) is -3.37. The minimum absolute atomic E-state index is 0.0275. The molecule has 2 aromatic rings. The van der Waals surface area contributed by atoms with Gasteiger partial charge < -0.3 is 9.64 Å². The van der Waals surface area contributed by atoms with E-state index in [0.29, 0.717) is 44.8 Å². The summed E-state index contributed by atoms with van der Waals surface area (Å²) >= 11 is 0. The number of nitrogens with zero attached hydrogens (tertiary/aromatic N) is 3. The molecule has 2 aliphatic heterocycles. The third kappa shape index (κ3) is 4.43. The number of para-hydroxylation sites is 1. The molecule has 7 nitrogen and oxygen atoms in total. The van der Waals surface area contributed by atoms with Crippen molar-refractivity contribution in [1.82, 2.24) is 14.2 Å². The van der Waals surface area contributed by atoms with Gasteiger partial charge in [0.15, 0.2) is 6.61 Å². The van der Waals surface area contributed by atoms with Crippen molar-refractivity contribution in [1.29, 1.82) is 0 Å². The van der Waals surface area contributed by atoms with Crippen molar-refractivity contribution in [3.8, 4) is 5.75 Å². The molecule has 0 bridgehead atoms. The molecule has 2 atom stereocenters. The average Bonchev–Trinajstić information content (AvgIpc) is 2.88. The topological polar surface area (TPSA) is 79.8 Å². The van der Waals surface area contributed by atoms with E-state index in [9.17, 15) is 13.2 Å². The molecule has 0 unspecified atom stereocenters. The zero-order valence-corrected chi connectivity index (χ0v) is 17.0. The molecule has 0 spiro atoms. The Balaban J connectivity index is 1.36. The number of fused-ring (bicyclic) bond motifs is 1. The standard InChI is InChI=1S/C21H25N3O4S/c25-21(16-28-19-4-2-1-3-5-19)23-12-8-18-15-24(14-17-6-10-22-11-7-17)29(26,27)20(18)9-13-23/h1-7,10-11,18,20H,8-9,12-16H2/t18-,20-/m1/s1. The number of sulfonamides is 1. The first-order valence-corrected chi connectivity index (χ1v) is 11.4. The van der Waals surface area contributed by atoms with Crippen molar-refractivity contribution in [2.75, 3.05) is 26.2 Å². The molecule has 154 valence electrons. The summed E-state index contributed by atoms with van der Waals surface area (Å²) in [5, 5.41) is -0.419. The predicted octanol–water partition coefficient (Wildman–Crippen LogP) is 1.91. The number of pyridine rings is 1. The minimum Gasteiger partial charge on any atom is -0.484 e. The molecule has 3 heterocycles. The molecule has 1 aromatic carbocycles. The van der Waals surface area contributed by atoms with Gasteiger partial charge in [-0.25, -0.2) is 8.42 Å². The van der Waals surface area contributed by atoms with Crippen molar-refractivity contribution >= 4 is 15.9 Å². The van der Waals surface area contributed by atoms with Crippen molar-refractivity contribution < 1.29 is 17.9 Å². The van der Waals surface area contributed by atoms with Gasteiger partial charge in [-0.1, -0.05) is 18.2 Å². The van der Waals surface area contributed by atoms with Gasteiger partial charge in [-0.2, -0.15) is 4.31 Å². The Hall–Kier alpha value is -2.45. The number of likely N-dealkylation sites (tertiary alicyclic amines) is 1. The van der Waals surface area contributed by atoms with Crippen LogP contribution in [0.1, 0.15) is 18.4 Å². The molecule has 4 rings (SSSR count). The van der Waals surface area contributed by atoms with Gasteiger partial charge >= 0.3 is 0 Å². The van der Waals surface area contributed by atoms with E-state index in [1.54, 1.807) is 21.6 Å². The molecule has 0 saturated carbocycles. The summed E-state index contributed by atoms with van der Waals surface area (Å²) < 4.78 is 33.3. The van der Waals surface area contributed by atoms with E-state index in [1.165, 1.54) is 0 Å². The summed E-state index contributed by atoms with van der Waals surface area (Å²) in [6, 6.07) is 12.9. The van der Waals surface area contributed by atoms with Crippen molar-refractivity contribution in [2.45, 2.75) is 24.6 Å². The van der Waals surface area contributed by atoms with E-state index in [-0.39, 0.29) is 18.4 Å². The number of ether oxygens (including phenoxy) is 1. The number of amides is 1. The first-order valence-electron chi connectivity index (χ1n) is 9.87. The molecule has 2 fully saturated rings. The van der Waals surface area contributed by atoms with Crippen LogP contribution in [0.4, 0.5) is 0 Å². The van der Waals surface area contributed by atoms with Crippen LogP contribution in [-0.4, -0.2) is 60.0 Å². The second kappa shape index (κ2) is 8.51. The Morgan fingerprint density at radius 2 is 1.79 bits per heavy atom. The lowest BCUT2D eigenvalue weighted by atomic mass is 10.0. The van der Waals surface area contributed by atoms with Crippen LogP contribution >= 0.6 is 0 Å². The molecule has 29 heavy (non-hydrogen) atoms. The number of hydrogen-bond donors (Lipinski definition) is 0. The highest BCUT2D eigenvalue weighted by Crippen LogP contribution is 2.35. The molecular weight excluding hydrogens is 390 g/mol. The maximum atomic E-state index is 13.1. The first-order chi connectivity index (χ1) is 14.0. The van der Waals surface area contributed by atoms with Crippen LogP contribution < -0.4 is 4.74 Å². The second-order valence-corrected chi connectivity index (χ2v) is 9.70. The number of carbonyl (C=O) groups is 1. The van der Waals surface area contributed by atoms with Crippen LogP contribution in [0.5, 0.6) is 5.75 Å². The maximum Gasteiger partial charge on any atom is 0.260 e. The molecule has 2 aliphatic rings. The second-order valence-electron chi connectivity index (χ2n) is 7.55. The van der Waals surface area contributed by atoms with E-state index in [1.807, 2.05) is 42.5 Å². The molecule has 0 aliphatic carbocycles. The van der Waals surface area contributed by atoms with Crippen molar-refractivity contribution in [3.05, 3.63) is 60.4 Å². The van der Waals surface area contributed by atoms with Gasteiger partial charge in [0.2, 0.25) is 10.0 Å². The Morgan fingerprint density at radius 3 is 2.55 bits per heavy atom. The van der Waals surface area contributed by atoms with E-state index in [2.05, 4.69) is 4.98 Å². The van der Waals surface area contributed by atoms with Gasteiger partial charge in [0, 0.05) is 38.6 Å². The number of rotatable bonds is 5. The van der Waals surface area contributed by atoms with E-state index in [0.717, 1.165) is 5.56 Å². The molecule has 0 radical (unpaired) electrons. The zero-order valence-electron chi connectivity index (χ0n) is 16.2. The molecule has 1 aromatic heterocycles. The van der Waals surface area contributed by atoms with Gasteiger partial charge in [0.1, 0.15) is 5.75 Å². The normalized spacial score (nSPS) is 23.9. The Bertz CT molecular complexity index is 937. The fourth-order valence-corrected chi connectivity index (χ4v) is 6.37. The minimum atomic E-state index is -3.37. The van der Waals surface area contributed by atoms with Gasteiger partial charge in [0.05, 0.1) is 5.25 Å². The number of aromatic nitrogens is 1. The van der Waals surface area contributed by atoms with Crippen LogP contribution in [0.25, 0.3) is 0 Å². The van der Waals surface area contributed by atoms with Crippen LogP contribution in [0.2, 0.25) is 0 Å². The summed E-state index contributed by atoms with van der Waals surface area (Å²) in [4.78, 5) is 18.3. The van der Waals surface area contributed by atoms with Crippen LogP contribution in [-0.2, 0) is 21.4 Å². The van der Waals surface area contributed by atoms with E-state index < -0.39 is 15.3 Å². The van der Waals surface area contributed by atoms with Crippen LogP contribution in [0.3, 0.4) is 0 Å².